The summed E-state index contributed by atoms with van der Waals surface area (Å²) in [6, 6.07) is 6.57. The Morgan fingerprint density at radius 1 is 1.35 bits per heavy atom. The molecule has 0 spiro atoms. The van der Waals surface area contributed by atoms with Gasteiger partial charge in [0.2, 0.25) is 5.91 Å². The predicted molar refractivity (Wildman–Crippen MR) is 83.9 cm³/mol. The zero-order valence-electron chi connectivity index (χ0n) is 12.4. The lowest BCUT2D eigenvalue weighted by Crippen LogP contribution is -2.36. The second-order valence-electron chi connectivity index (χ2n) is 5.74. The van der Waals surface area contributed by atoms with Gasteiger partial charge in [0.1, 0.15) is 0 Å². The molecule has 0 aromatic heterocycles. The van der Waals surface area contributed by atoms with Gasteiger partial charge in [-0.25, -0.2) is 0 Å². The number of aryl methyl sites for hydroxylation is 1. The fourth-order valence-electron chi connectivity index (χ4n) is 2.93. The van der Waals surface area contributed by atoms with Crippen molar-refractivity contribution in [2.75, 3.05) is 17.2 Å². The molecule has 0 radical (unpaired) electrons. The Kier molecular flexibility index (Phi) is 5.01. The highest BCUT2D eigenvalue weighted by atomic mass is 16.1. The standard InChI is InChI=1S/C16H25N3O/c1-11-7-8-14(9-16(11)18-12(2)20)19-15-6-4-3-5-13(15)10-17/h7-9,13,15,19H,3-6,10,17H2,1-2H3,(H,18,20). The van der Waals surface area contributed by atoms with Gasteiger partial charge >= 0.3 is 0 Å². The summed E-state index contributed by atoms with van der Waals surface area (Å²) < 4.78 is 0. The number of rotatable bonds is 4. The van der Waals surface area contributed by atoms with E-state index < -0.39 is 0 Å². The molecule has 1 aromatic rings. The molecular weight excluding hydrogens is 250 g/mol. The molecule has 0 aliphatic heterocycles. The Balaban J connectivity index is 2.10. The number of nitrogens with one attached hydrogen (secondary N) is 2. The number of hydrogen-bond acceptors (Lipinski definition) is 3. The van der Waals surface area contributed by atoms with Crippen LogP contribution in [0.4, 0.5) is 11.4 Å². The van der Waals surface area contributed by atoms with E-state index in [4.69, 9.17) is 5.73 Å². The lowest BCUT2D eigenvalue weighted by atomic mass is 9.84. The first kappa shape index (κ1) is 14.9. The minimum absolute atomic E-state index is 0.0391. The lowest BCUT2D eigenvalue weighted by Gasteiger charge is -2.32. The van der Waals surface area contributed by atoms with Gasteiger partial charge in [-0.1, -0.05) is 18.9 Å². The number of carbonyl (C=O) groups excluding carboxylic acids is 1. The van der Waals surface area contributed by atoms with Gasteiger partial charge in [-0.15, -0.1) is 0 Å². The van der Waals surface area contributed by atoms with Crippen molar-refractivity contribution in [2.45, 2.75) is 45.6 Å². The molecule has 1 saturated carbocycles. The van der Waals surface area contributed by atoms with Crippen molar-refractivity contribution in [3.63, 3.8) is 0 Å². The summed E-state index contributed by atoms with van der Waals surface area (Å²) in [5, 5.41) is 6.46. The topological polar surface area (TPSA) is 67.2 Å². The Bertz CT molecular complexity index is 473. The van der Waals surface area contributed by atoms with E-state index in [0.29, 0.717) is 12.0 Å². The molecule has 4 N–H and O–H groups in total. The summed E-state index contributed by atoms with van der Waals surface area (Å²) in [4.78, 5) is 11.2. The van der Waals surface area contributed by atoms with E-state index in [0.717, 1.165) is 23.5 Å². The molecule has 2 rings (SSSR count). The van der Waals surface area contributed by atoms with Gasteiger partial charge in [0.25, 0.3) is 0 Å². The van der Waals surface area contributed by atoms with Crippen LogP contribution in [-0.2, 0) is 4.79 Å². The van der Waals surface area contributed by atoms with Gasteiger partial charge < -0.3 is 16.4 Å². The Morgan fingerprint density at radius 3 is 2.80 bits per heavy atom. The number of carbonyl (C=O) groups is 1. The van der Waals surface area contributed by atoms with Crippen molar-refractivity contribution in [1.29, 1.82) is 0 Å². The van der Waals surface area contributed by atoms with Gasteiger partial charge in [-0.3, -0.25) is 4.79 Å². The molecule has 20 heavy (non-hydrogen) atoms. The molecule has 110 valence electrons. The first-order chi connectivity index (χ1) is 9.60. The van der Waals surface area contributed by atoms with E-state index in [9.17, 15) is 4.79 Å². The Hall–Kier alpha value is -1.55. The maximum Gasteiger partial charge on any atom is 0.221 e. The van der Waals surface area contributed by atoms with Gasteiger partial charge in [0.15, 0.2) is 0 Å². The molecule has 4 heteroatoms. The van der Waals surface area contributed by atoms with Gasteiger partial charge in [-0.05, 0) is 49.9 Å². The molecule has 1 amide bonds. The maximum atomic E-state index is 11.2. The number of amides is 1. The minimum atomic E-state index is -0.0391. The van der Waals surface area contributed by atoms with E-state index in [1.54, 1.807) is 0 Å². The summed E-state index contributed by atoms with van der Waals surface area (Å²) in [6.45, 7) is 4.27. The molecule has 0 bridgehead atoms. The summed E-state index contributed by atoms with van der Waals surface area (Å²) in [5.41, 5.74) is 8.88. The van der Waals surface area contributed by atoms with Crippen LogP contribution in [0.25, 0.3) is 0 Å². The number of hydrogen-bond donors (Lipinski definition) is 3. The van der Waals surface area contributed by atoms with Crippen molar-refractivity contribution in [1.82, 2.24) is 0 Å². The monoisotopic (exact) mass is 275 g/mol. The highest BCUT2D eigenvalue weighted by molar-refractivity contribution is 5.90. The van der Waals surface area contributed by atoms with Crippen molar-refractivity contribution in [2.24, 2.45) is 11.7 Å². The maximum absolute atomic E-state index is 11.2. The number of benzene rings is 1. The minimum Gasteiger partial charge on any atom is -0.382 e. The summed E-state index contributed by atoms with van der Waals surface area (Å²) in [5.74, 6) is 0.511. The molecule has 4 nitrogen and oxygen atoms in total. The average molecular weight is 275 g/mol. The summed E-state index contributed by atoms with van der Waals surface area (Å²) in [6.07, 6.45) is 4.92. The zero-order valence-corrected chi connectivity index (χ0v) is 12.4. The summed E-state index contributed by atoms with van der Waals surface area (Å²) in [7, 11) is 0. The molecule has 1 aliphatic carbocycles. The normalized spacial score (nSPS) is 22.4. The molecule has 0 saturated heterocycles. The van der Waals surface area contributed by atoms with E-state index in [1.807, 2.05) is 19.1 Å². The molecule has 2 atom stereocenters. The van der Waals surface area contributed by atoms with Crippen molar-refractivity contribution in [3.8, 4) is 0 Å². The third-order valence-corrected chi connectivity index (χ3v) is 4.11. The lowest BCUT2D eigenvalue weighted by molar-refractivity contribution is -0.114. The van der Waals surface area contributed by atoms with Crippen LogP contribution in [0.15, 0.2) is 18.2 Å². The highest BCUT2D eigenvalue weighted by Crippen LogP contribution is 2.28. The number of anilines is 2. The van der Waals surface area contributed by atoms with Crippen LogP contribution >= 0.6 is 0 Å². The van der Waals surface area contributed by atoms with Gasteiger partial charge in [-0.2, -0.15) is 0 Å². The summed E-state index contributed by atoms with van der Waals surface area (Å²) >= 11 is 0. The zero-order chi connectivity index (χ0) is 14.5. The SMILES string of the molecule is CC(=O)Nc1cc(NC2CCCCC2CN)ccc1C. The van der Waals surface area contributed by atoms with Gasteiger partial charge in [0.05, 0.1) is 0 Å². The largest absolute Gasteiger partial charge is 0.382 e. The van der Waals surface area contributed by atoms with E-state index >= 15 is 0 Å². The van der Waals surface area contributed by atoms with Crippen LogP contribution in [0.3, 0.4) is 0 Å². The fourth-order valence-corrected chi connectivity index (χ4v) is 2.93. The predicted octanol–water partition coefficient (Wildman–Crippen LogP) is 2.88. The molecule has 1 aromatic carbocycles. The van der Waals surface area contributed by atoms with E-state index in [1.165, 1.54) is 32.6 Å². The van der Waals surface area contributed by atoms with Crippen LogP contribution in [0.5, 0.6) is 0 Å². The quantitative estimate of drug-likeness (QED) is 0.791. The van der Waals surface area contributed by atoms with Crippen LogP contribution in [-0.4, -0.2) is 18.5 Å². The van der Waals surface area contributed by atoms with Crippen molar-refractivity contribution >= 4 is 17.3 Å². The molecular formula is C16H25N3O. The van der Waals surface area contributed by atoms with Crippen LogP contribution < -0.4 is 16.4 Å². The first-order valence-corrected chi connectivity index (χ1v) is 7.45. The third kappa shape index (κ3) is 3.73. The highest BCUT2D eigenvalue weighted by Gasteiger charge is 2.23. The smallest absolute Gasteiger partial charge is 0.221 e. The van der Waals surface area contributed by atoms with Crippen LogP contribution in [0.2, 0.25) is 0 Å². The van der Waals surface area contributed by atoms with E-state index in [2.05, 4.69) is 16.7 Å². The first-order valence-electron chi connectivity index (χ1n) is 7.45. The molecule has 1 fully saturated rings. The van der Waals surface area contributed by atoms with Crippen molar-refractivity contribution in [3.05, 3.63) is 23.8 Å². The Labute approximate surface area is 121 Å². The van der Waals surface area contributed by atoms with Crippen LogP contribution in [0.1, 0.15) is 38.2 Å². The molecule has 0 heterocycles. The third-order valence-electron chi connectivity index (χ3n) is 4.11. The average Bonchev–Trinajstić information content (AvgIpc) is 2.42. The molecule has 1 aliphatic rings. The van der Waals surface area contributed by atoms with Crippen LogP contribution in [0, 0.1) is 12.8 Å². The second-order valence-corrected chi connectivity index (χ2v) is 5.74. The van der Waals surface area contributed by atoms with Gasteiger partial charge in [0, 0.05) is 24.3 Å². The van der Waals surface area contributed by atoms with Crippen molar-refractivity contribution < 1.29 is 4.79 Å². The fraction of sp³-hybridized carbons (Fsp3) is 0.562. The second kappa shape index (κ2) is 6.75. The van der Waals surface area contributed by atoms with E-state index in [-0.39, 0.29) is 5.91 Å². The Morgan fingerprint density at radius 2 is 2.10 bits per heavy atom. The molecule has 2 unspecified atom stereocenters. The number of nitrogens with two attached hydrogens (primary N) is 1.